The van der Waals surface area contributed by atoms with E-state index in [2.05, 4.69) is 10.6 Å². The lowest BCUT2D eigenvalue weighted by Crippen LogP contribution is -2.14. The SMILES string of the molecule is Cc1ccccc1NC(=O)CCCNc1ccccc1[N+](=O)[O-]. The number of anilines is 2. The van der Waals surface area contributed by atoms with Crippen molar-refractivity contribution in [1.82, 2.24) is 0 Å². The van der Waals surface area contributed by atoms with Gasteiger partial charge in [0.15, 0.2) is 0 Å². The highest BCUT2D eigenvalue weighted by atomic mass is 16.6. The predicted molar refractivity (Wildman–Crippen MR) is 90.6 cm³/mol. The summed E-state index contributed by atoms with van der Waals surface area (Å²) in [6.07, 6.45) is 0.936. The smallest absolute Gasteiger partial charge is 0.292 e. The van der Waals surface area contributed by atoms with Gasteiger partial charge in [0, 0.05) is 24.7 Å². The first kappa shape index (κ1) is 16.5. The number of nitro groups is 1. The van der Waals surface area contributed by atoms with Crippen LogP contribution in [-0.4, -0.2) is 17.4 Å². The van der Waals surface area contributed by atoms with Crippen LogP contribution in [0, 0.1) is 17.0 Å². The van der Waals surface area contributed by atoms with Gasteiger partial charge < -0.3 is 10.6 Å². The number of amides is 1. The fraction of sp³-hybridized carbons (Fsp3) is 0.235. The fourth-order valence-corrected chi connectivity index (χ4v) is 2.18. The van der Waals surface area contributed by atoms with Crippen LogP contribution in [-0.2, 0) is 4.79 Å². The number of hydrogen-bond acceptors (Lipinski definition) is 4. The molecule has 0 spiro atoms. The van der Waals surface area contributed by atoms with Crippen molar-refractivity contribution in [3.63, 3.8) is 0 Å². The van der Waals surface area contributed by atoms with E-state index in [1.54, 1.807) is 18.2 Å². The van der Waals surface area contributed by atoms with Crippen molar-refractivity contribution in [2.45, 2.75) is 19.8 Å². The predicted octanol–water partition coefficient (Wildman–Crippen LogP) is 3.73. The lowest BCUT2D eigenvalue weighted by Gasteiger charge is -2.09. The molecule has 0 saturated carbocycles. The Hall–Kier alpha value is -2.89. The van der Waals surface area contributed by atoms with E-state index in [1.807, 2.05) is 31.2 Å². The van der Waals surface area contributed by atoms with Gasteiger partial charge in [0.25, 0.3) is 5.69 Å². The third-order valence-electron chi connectivity index (χ3n) is 3.42. The Morgan fingerprint density at radius 3 is 2.43 bits per heavy atom. The monoisotopic (exact) mass is 313 g/mol. The van der Waals surface area contributed by atoms with Gasteiger partial charge in [-0.1, -0.05) is 30.3 Å². The molecule has 0 aromatic heterocycles. The van der Waals surface area contributed by atoms with Crippen molar-refractivity contribution in [3.05, 3.63) is 64.2 Å². The van der Waals surface area contributed by atoms with Gasteiger partial charge in [0.1, 0.15) is 5.69 Å². The molecule has 0 atom stereocenters. The molecule has 0 bridgehead atoms. The quantitative estimate of drug-likeness (QED) is 0.463. The minimum atomic E-state index is -0.423. The van der Waals surface area contributed by atoms with Crippen LogP contribution in [0.4, 0.5) is 17.1 Å². The van der Waals surface area contributed by atoms with E-state index < -0.39 is 4.92 Å². The molecule has 0 saturated heterocycles. The van der Waals surface area contributed by atoms with Crippen LogP contribution >= 0.6 is 0 Å². The largest absolute Gasteiger partial charge is 0.379 e. The molecule has 6 heteroatoms. The van der Waals surface area contributed by atoms with Gasteiger partial charge in [0.05, 0.1) is 4.92 Å². The molecule has 2 rings (SSSR count). The summed E-state index contributed by atoms with van der Waals surface area (Å²) in [5.41, 5.74) is 2.33. The van der Waals surface area contributed by atoms with Crippen LogP contribution in [0.1, 0.15) is 18.4 Å². The second-order valence-electron chi connectivity index (χ2n) is 5.17. The van der Waals surface area contributed by atoms with Crippen LogP contribution < -0.4 is 10.6 Å². The van der Waals surface area contributed by atoms with Crippen molar-refractivity contribution in [3.8, 4) is 0 Å². The summed E-state index contributed by atoms with van der Waals surface area (Å²) in [4.78, 5) is 22.4. The van der Waals surface area contributed by atoms with Crippen molar-refractivity contribution in [1.29, 1.82) is 0 Å². The topological polar surface area (TPSA) is 84.3 Å². The summed E-state index contributed by atoms with van der Waals surface area (Å²) in [5, 5.41) is 16.8. The van der Waals surface area contributed by atoms with E-state index in [4.69, 9.17) is 0 Å². The molecule has 1 amide bonds. The third kappa shape index (κ3) is 4.81. The van der Waals surface area contributed by atoms with Gasteiger partial charge in [-0.3, -0.25) is 14.9 Å². The van der Waals surface area contributed by atoms with E-state index >= 15 is 0 Å². The van der Waals surface area contributed by atoms with Crippen molar-refractivity contribution in [2.75, 3.05) is 17.2 Å². The van der Waals surface area contributed by atoms with Crippen LogP contribution in [0.15, 0.2) is 48.5 Å². The normalized spacial score (nSPS) is 10.1. The molecule has 2 N–H and O–H groups in total. The lowest BCUT2D eigenvalue weighted by atomic mass is 10.2. The highest BCUT2D eigenvalue weighted by molar-refractivity contribution is 5.91. The van der Waals surface area contributed by atoms with E-state index in [0.29, 0.717) is 25.1 Å². The van der Waals surface area contributed by atoms with Crippen LogP contribution in [0.2, 0.25) is 0 Å². The van der Waals surface area contributed by atoms with E-state index in [0.717, 1.165) is 11.3 Å². The first-order valence-corrected chi connectivity index (χ1v) is 7.40. The standard InChI is InChI=1S/C17H19N3O3/c1-13-7-2-3-8-14(13)19-17(21)11-6-12-18-15-9-4-5-10-16(15)20(22)23/h2-5,7-10,18H,6,11-12H2,1H3,(H,19,21). The van der Waals surface area contributed by atoms with E-state index in [1.165, 1.54) is 6.07 Å². The van der Waals surface area contributed by atoms with Gasteiger partial charge in [-0.05, 0) is 31.0 Å². The number of hydrogen-bond donors (Lipinski definition) is 2. The summed E-state index contributed by atoms with van der Waals surface area (Å²) in [6.45, 7) is 2.43. The Morgan fingerprint density at radius 1 is 1.09 bits per heavy atom. The summed E-state index contributed by atoms with van der Waals surface area (Å²) in [5.74, 6) is -0.0661. The molecule has 120 valence electrons. The molecular weight excluding hydrogens is 294 g/mol. The highest BCUT2D eigenvalue weighted by Gasteiger charge is 2.11. The molecule has 0 unspecified atom stereocenters. The molecule has 6 nitrogen and oxygen atoms in total. The van der Waals surface area contributed by atoms with Crippen molar-refractivity contribution >= 4 is 23.0 Å². The van der Waals surface area contributed by atoms with Crippen LogP contribution in [0.25, 0.3) is 0 Å². The van der Waals surface area contributed by atoms with Gasteiger partial charge in [-0.25, -0.2) is 0 Å². The molecule has 0 heterocycles. The number of nitrogens with zero attached hydrogens (tertiary/aromatic N) is 1. The summed E-state index contributed by atoms with van der Waals surface area (Å²) in [6, 6.07) is 14.1. The minimum Gasteiger partial charge on any atom is -0.379 e. The summed E-state index contributed by atoms with van der Waals surface area (Å²) >= 11 is 0. The van der Waals surface area contributed by atoms with Gasteiger partial charge in [0.2, 0.25) is 5.91 Å². The zero-order chi connectivity index (χ0) is 16.7. The number of aryl methyl sites for hydroxylation is 1. The molecule has 2 aromatic rings. The number of rotatable bonds is 7. The average molecular weight is 313 g/mol. The number of carbonyl (C=O) groups is 1. The molecule has 0 aliphatic rings. The number of carbonyl (C=O) groups excluding carboxylic acids is 1. The Morgan fingerprint density at radius 2 is 1.74 bits per heavy atom. The van der Waals surface area contributed by atoms with Crippen molar-refractivity contribution < 1.29 is 9.72 Å². The first-order chi connectivity index (χ1) is 11.1. The molecule has 0 aliphatic heterocycles. The van der Waals surface area contributed by atoms with Crippen LogP contribution in [0.5, 0.6) is 0 Å². The zero-order valence-corrected chi connectivity index (χ0v) is 12.9. The Bertz CT molecular complexity index is 701. The maximum absolute atomic E-state index is 11.9. The maximum Gasteiger partial charge on any atom is 0.292 e. The van der Waals surface area contributed by atoms with Crippen molar-refractivity contribution in [2.24, 2.45) is 0 Å². The zero-order valence-electron chi connectivity index (χ0n) is 12.9. The average Bonchev–Trinajstić information content (AvgIpc) is 2.54. The lowest BCUT2D eigenvalue weighted by molar-refractivity contribution is -0.384. The second-order valence-corrected chi connectivity index (χ2v) is 5.17. The highest BCUT2D eigenvalue weighted by Crippen LogP contribution is 2.23. The Balaban J connectivity index is 1.79. The Labute approximate surface area is 134 Å². The minimum absolute atomic E-state index is 0.0388. The summed E-state index contributed by atoms with van der Waals surface area (Å²) in [7, 11) is 0. The fourth-order valence-electron chi connectivity index (χ4n) is 2.18. The first-order valence-electron chi connectivity index (χ1n) is 7.40. The number of para-hydroxylation sites is 3. The molecule has 23 heavy (non-hydrogen) atoms. The molecule has 2 aromatic carbocycles. The molecular formula is C17H19N3O3. The van der Waals surface area contributed by atoms with Gasteiger partial charge in [-0.15, -0.1) is 0 Å². The molecule has 0 radical (unpaired) electrons. The second kappa shape index (κ2) is 7.93. The van der Waals surface area contributed by atoms with E-state index in [-0.39, 0.29) is 11.6 Å². The Kier molecular flexibility index (Phi) is 5.68. The van der Waals surface area contributed by atoms with E-state index in [9.17, 15) is 14.9 Å². The third-order valence-corrected chi connectivity index (χ3v) is 3.42. The number of benzene rings is 2. The molecule has 0 fully saturated rings. The maximum atomic E-state index is 11.9. The van der Waals surface area contributed by atoms with Gasteiger partial charge in [-0.2, -0.15) is 0 Å². The molecule has 0 aliphatic carbocycles. The summed E-state index contributed by atoms with van der Waals surface area (Å²) < 4.78 is 0. The van der Waals surface area contributed by atoms with Gasteiger partial charge >= 0.3 is 0 Å². The number of nitrogens with one attached hydrogen (secondary N) is 2. The number of nitro benzene ring substituents is 1. The van der Waals surface area contributed by atoms with Crippen LogP contribution in [0.3, 0.4) is 0 Å².